The molecule has 6 heteroatoms. The average Bonchev–Trinajstić information content (AvgIpc) is 2.38. The molecule has 1 heterocycles. The maximum Gasteiger partial charge on any atom is 0.421 e. The van der Waals surface area contributed by atoms with Gasteiger partial charge in [-0.25, -0.2) is 15.6 Å². The van der Waals surface area contributed by atoms with Crippen molar-refractivity contribution in [1.82, 2.24) is 15.0 Å². The maximum absolute atomic E-state index is 11.2. The van der Waals surface area contributed by atoms with Crippen molar-refractivity contribution in [1.29, 1.82) is 0 Å². The van der Waals surface area contributed by atoms with Crippen LogP contribution in [0.15, 0.2) is 12.4 Å². The van der Waals surface area contributed by atoms with Gasteiger partial charge in [0.15, 0.2) is 0 Å². The Balaban J connectivity index is 2.36. The Morgan fingerprint density at radius 1 is 1.47 bits per heavy atom. The number of aromatic nitrogens is 2. The summed E-state index contributed by atoms with van der Waals surface area (Å²) in [5.74, 6) is 5.89. The Kier molecular flexibility index (Phi) is 3.99. The predicted octanol–water partition coefficient (Wildman–Crippen LogP) is 1.77. The zero-order chi connectivity index (χ0) is 14.0. The lowest BCUT2D eigenvalue weighted by Gasteiger charge is -2.37. The lowest BCUT2D eigenvalue weighted by Crippen LogP contribution is -2.51. The van der Waals surface area contributed by atoms with Gasteiger partial charge in [-0.3, -0.25) is 9.97 Å². The van der Waals surface area contributed by atoms with Crippen molar-refractivity contribution in [3.63, 3.8) is 0 Å². The summed E-state index contributed by atoms with van der Waals surface area (Å²) >= 11 is 0. The molecule has 0 fully saturated rings. The van der Waals surface area contributed by atoms with Crippen molar-refractivity contribution in [3.05, 3.63) is 23.8 Å². The Labute approximate surface area is 112 Å². The Morgan fingerprint density at radius 2 is 2.16 bits per heavy atom. The fraction of sp³-hybridized carbons (Fsp3) is 0.615. The number of amides is 1. The van der Waals surface area contributed by atoms with Crippen molar-refractivity contribution in [2.45, 2.75) is 45.1 Å². The van der Waals surface area contributed by atoms with Crippen LogP contribution in [0, 0.1) is 5.92 Å². The van der Waals surface area contributed by atoms with E-state index in [-0.39, 0.29) is 17.9 Å². The first-order valence-corrected chi connectivity index (χ1v) is 6.59. The minimum absolute atomic E-state index is 0.0264. The van der Waals surface area contributed by atoms with Crippen LogP contribution in [0.2, 0.25) is 0 Å². The molecule has 1 unspecified atom stereocenters. The van der Waals surface area contributed by atoms with E-state index in [1.165, 1.54) is 0 Å². The maximum atomic E-state index is 11.2. The number of nitrogens with two attached hydrogens (primary N) is 1. The third-order valence-corrected chi connectivity index (χ3v) is 3.72. The molecule has 1 aliphatic carbocycles. The second-order valence-corrected chi connectivity index (χ2v) is 5.31. The van der Waals surface area contributed by atoms with E-state index in [0.717, 1.165) is 35.7 Å². The van der Waals surface area contributed by atoms with Crippen molar-refractivity contribution in [3.8, 4) is 0 Å². The topological polar surface area (TPSA) is 92.3 Å². The molecule has 1 aliphatic rings. The van der Waals surface area contributed by atoms with Crippen LogP contribution in [0.1, 0.15) is 44.0 Å². The summed E-state index contributed by atoms with van der Waals surface area (Å²) in [6, 6.07) is -0.270. The molecular formula is C13H20N4O2. The van der Waals surface area contributed by atoms with Gasteiger partial charge in [-0.2, -0.15) is 0 Å². The first-order chi connectivity index (χ1) is 9.02. The zero-order valence-corrected chi connectivity index (χ0v) is 11.3. The number of nitrogens with zero attached hydrogens (tertiary/aromatic N) is 3. The highest BCUT2D eigenvalue weighted by atomic mass is 16.4. The summed E-state index contributed by atoms with van der Waals surface area (Å²) in [4.78, 5) is 19.9. The van der Waals surface area contributed by atoms with Crippen molar-refractivity contribution >= 4 is 6.09 Å². The van der Waals surface area contributed by atoms with Crippen molar-refractivity contribution < 1.29 is 9.90 Å². The number of rotatable bonds is 3. The quantitative estimate of drug-likeness (QED) is 0.493. The minimum Gasteiger partial charge on any atom is -0.464 e. The van der Waals surface area contributed by atoms with E-state index in [9.17, 15) is 4.79 Å². The van der Waals surface area contributed by atoms with Gasteiger partial charge in [0.05, 0.1) is 17.4 Å². The molecule has 19 heavy (non-hydrogen) atoms. The van der Waals surface area contributed by atoms with E-state index in [2.05, 4.69) is 9.97 Å². The highest BCUT2D eigenvalue weighted by molar-refractivity contribution is 5.64. The van der Waals surface area contributed by atoms with E-state index >= 15 is 0 Å². The molecule has 1 aromatic rings. The lowest BCUT2D eigenvalue weighted by molar-refractivity contribution is 0.0943. The minimum atomic E-state index is -1.10. The van der Waals surface area contributed by atoms with Crippen molar-refractivity contribution in [2.24, 2.45) is 11.8 Å². The van der Waals surface area contributed by atoms with E-state index in [1.807, 2.05) is 13.8 Å². The highest BCUT2D eigenvalue weighted by Gasteiger charge is 2.36. The van der Waals surface area contributed by atoms with Gasteiger partial charge >= 0.3 is 6.09 Å². The Hall–Kier alpha value is -1.69. The molecule has 0 spiro atoms. The van der Waals surface area contributed by atoms with Crippen LogP contribution in [0.3, 0.4) is 0 Å². The number of carbonyl (C=O) groups is 1. The molecule has 0 saturated carbocycles. The second kappa shape index (κ2) is 5.52. The summed E-state index contributed by atoms with van der Waals surface area (Å²) in [5.41, 5.74) is 1.88. The SMILES string of the molecule is CC(C)C([C@H]1CCCc2nccnc21)N(N)C(=O)O. The molecule has 104 valence electrons. The monoisotopic (exact) mass is 264 g/mol. The van der Waals surface area contributed by atoms with E-state index in [1.54, 1.807) is 12.4 Å². The molecule has 0 aliphatic heterocycles. The molecule has 6 nitrogen and oxygen atoms in total. The van der Waals surface area contributed by atoms with Crippen LogP contribution in [-0.4, -0.2) is 32.2 Å². The van der Waals surface area contributed by atoms with Crippen LogP contribution < -0.4 is 5.84 Å². The molecule has 1 amide bonds. The Bertz CT molecular complexity index is 464. The van der Waals surface area contributed by atoms with Gasteiger partial charge in [0.2, 0.25) is 0 Å². The third-order valence-electron chi connectivity index (χ3n) is 3.72. The van der Waals surface area contributed by atoms with Crippen LogP contribution in [0.4, 0.5) is 4.79 Å². The van der Waals surface area contributed by atoms with Crippen LogP contribution in [0.25, 0.3) is 0 Å². The molecule has 0 radical (unpaired) electrons. The molecule has 3 N–H and O–H groups in total. The summed E-state index contributed by atoms with van der Waals surface area (Å²) in [6.45, 7) is 3.97. The summed E-state index contributed by atoms with van der Waals surface area (Å²) in [7, 11) is 0. The molecule has 2 rings (SSSR count). The van der Waals surface area contributed by atoms with Crippen LogP contribution >= 0.6 is 0 Å². The van der Waals surface area contributed by atoms with Gasteiger partial charge in [0.25, 0.3) is 0 Å². The molecular weight excluding hydrogens is 244 g/mol. The highest BCUT2D eigenvalue weighted by Crippen LogP contribution is 2.35. The summed E-state index contributed by atoms with van der Waals surface area (Å²) in [6.07, 6.45) is 5.04. The van der Waals surface area contributed by atoms with Crippen LogP contribution in [0.5, 0.6) is 0 Å². The van der Waals surface area contributed by atoms with Gasteiger partial charge in [-0.1, -0.05) is 13.8 Å². The van der Waals surface area contributed by atoms with E-state index in [0.29, 0.717) is 0 Å². The third kappa shape index (κ3) is 2.68. The standard InChI is InChI=1S/C13H20N4O2/c1-8(2)12(17(14)13(18)19)9-4-3-5-10-11(9)16-7-6-15-10/h6-9,12H,3-5,14H2,1-2H3,(H,18,19)/t9-,12?/m0/s1. The molecule has 1 aromatic heterocycles. The van der Waals surface area contributed by atoms with Gasteiger partial charge in [0, 0.05) is 18.3 Å². The van der Waals surface area contributed by atoms with Gasteiger partial charge < -0.3 is 5.11 Å². The van der Waals surface area contributed by atoms with Gasteiger partial charge in [0.1, 0.15) is 0 Å². The fourth-order valence-electron chi connectivity index (χ4n) is 2.95. The normalized spacial score (nSPS) is 19.9. The zero-order valence-electron chi connectivity index (χ0n) is 11.3. The largest absolute Gasteiger partial charge is 0.464 e. The number of hydrazine groups is 1. The van der Waals surface area contributed by atoms with Crippen LogP contribution in [-0.2, 0) is 6.42 Å². The molecule has 2 atom stereocenters. The summed E-state index contributed by atoms with van der Waals surface area (Å²) in [5, 5.41) is 10.1. The first-order valence-electron chi connectivity index (χ1n) is 6.59. The first kappa shape index (κ1) is 13.7. The Morgan fingerprint density at radius 3 is 2.79 bits per heavy atom. The fourth-order valence-corrected chi connectivity index (χ4v) is 2.95. The number of hydrogen-bond acceptors (Lipinski definition) is 4. The van der Waals surface area contributed by atoms with E-state index in [4.69, 9.17) is 10.9 Å². The van der Waals surface area contributed by atoms with Gasteiger partial charge in [-0.15, -0.1) is 0 Å². The summed E-state index contributed by atoms with van der Waals surface area (Å²) < 4.78 is 0. The number of aryl methyl sites for hydroxylation is 1. The predicted molar refractivity (Wildman–Crippen MR) is 70.4 cm³/mol. The number of fused-ring (bicyclic) bond motifs is 1. The smallest absolute Gasteiger partial charge is 0.421 e. The molecule has 0 aromatic carbocycles. The molecule has 0 saturated heterocycles. The lowest BCUT2D eigenvalue weighted by atomic mass is 9.79. The van der Waals surface area contributed by atoms with E-state index < -0.39 is 6.09 Å². The average molecular weight is 264 g/mol. The number of carboxylic acid groups (broad SMARTS) is 1. The van der Waals surface area contributed by atoms with Crippen molar-refractivity contribution in [2.75, 3.05) is 0 Å². The molecule has 0 bridgehead atoms. The van der Waals surface area contributed by atoms with Gasteiger partial charge in [-0.05, 0) is 25.2 Å². The number of hydrogen-bond donors (Lipinski definition) is 2. The second-order valence-electron chi connectivity index (χ2n) is 5.31.